The highest BCUT2D eigenvalue weighted by atomic mass is 16.2. The summed E-state index contributed by atoms with van der Waals surface area (Å²) in [4.78, 5) is 29.8. The number of hydrogen-bond acceptors (Lipinski definition) is 3. The van der Waals surface area contributed by atoms with Gasteiger partial charge in [0, 0.05) is 11.1 Å². The number of hydrogen-bond donors (Lipinski definition) is 4. The minimum atomic E-state index is -0.833. The van der Waals surface area contributed by atoms with Gasteiger partial charge >= 0.3 is 6.03 Å². The van der Waals surface area contributed by atoms with Gasteiger partial charge in [0.1, 0.15) is 0 Å². The number of urea groups is 1. The molecule has 0 spiro atoms. The van der Waals surface area contributed by atoms with Gasteiger partial charge < -0.3 is 22.9 Å². The quantitative estimate of drug-likeness (QED) is 0.641. The van der Waals surface area contributed by atoms with Crippen LogP contribution in [0.2, 0.25) is 0 Å². The van der Waals surface area contributed by atoms with E-state index in [1.165, 1.54) is 0 Å². The summed E-state index contributed by atoms with van der Waals surface area (Å²) in [5.41, 5.74) is 19.6. The van der Waals surface area contributed by atoms with Crippen LogP contribution in [0.5, 0.6) is 0 Å². The van der Waals surface area contributed by atoms with E-state index in [9.17, 15) is 9.59 Å². The van der Waals surface area contributed by atoms with Crippen LogP contribution in [0.4, 0.5) is 4.79 Å². The van der Waals surface area contributed by atoms with Crippen molar-refractivity contribution in [3.8, 4) is 0 Å². The summed E-state index contributed by atoms with van der Waals surface area (Å²) >= 11 is 0. The highest BCUT2D eigenvalue weighted by Gasteiger charge is 1.94. The average molecular weight is 302 g/mol. The van der Waals surface area contributed by atoms with Crippen LogP contribution >= 0.6 is 0 Å². The van der Waals surface area contributed by atoms with Gasteiger partial charge in [0.05, 0.1) is 0 Å². The Balaban J connectivity index is 0.000000326. The topological polar surface area (TPSA) is 155 Å². The van der Waals surface area contributed by atoms with Crippen LogP contribution in [0.3, 0.4) is 0 Å². The third-order valence-corrected chi connectivity index (χ3v) is 2.12. The summed E-state index contributed by atoms with van der Waals surface area (Å²) in [5.74, 6) is -0.758. The molecule has 8 N–H and O–H groups in total. The van der Waals surface area contributed by atoms with E-state index in [2.05, 4.69) is 11.5 Å². The van der Waals surface area contributed by atoms with E-state index in [4.69, 9.17) is 16.3 Å². The number of carbonyl (C=O) groups is 3. The van der Waals surface area contributed by atoms with Gasteiger partial charge in [-0.2, -0.15) is 0 Å². The molecule has 2 rings (SSSR count). The monoisotopic (exact) mass is 302 g/mol. The molecule has 0 fully saturated rings. The number of benzene rings is 2. The van der Waals surface area contributed by atoms with Crippen LogP contribution in [-0.2, 0) is 0 Å². The maximum absolute atomic E-state index is 10.4. The van der Waals surface area contributed by atoms with Gasteiger partial charge in [0.15, 0.2) is 0 Å². The predicted octanol–water partition coefficient (Wildman–Crippen LogP) is 0.595. The molecule has 0 heterocycles. The zero-order valence-corrected chi connectivity index (χ0v) is 11.8. The van der Waals surface area contributed by atoms with E-state index >= 15 is 0 Å². The van der Waals surface area contributed by atoms with Crippen molar-refractivity contribution in [1.82, 2.24) is 0 Å². The van der Waals surface area contributed by atoms with Crippen LogP contribution in [0.25, 0.3) is 0 Å². The number of primary amides is 4. The standard InChI is InChI=1S/2C7H7NO.CH4N2O/c2*8-7(9)6-4-2-1-3-5-6;2-1(3)4/h2*1-5H,(H2,8,9);(H4,2,3,4). The molecule has 0 aromatic heterocycles. The zero-order chi connectivity index (χ0) is 17.0. The van der Waals surface area contributed by atoms with Gasteiger partial charge in [-0.15, -0.1) is 0 Å². The largest absolute Gasteiger partial charge is 0.366 e. The summed E-state index contributed by atoms with van der Waals surface area (Å²) in [6, 6.07) is 16.7. The van der Waals surface area contributed by atoms with Crippen molar-refractivity contribution in [2.75, 3.05) is 0 Å². The predicted molar refractivity (Wildman–Crippen MR) is 83.7 cm³/mol. The second-order valence-corrected chi connectivity index (χ2v) is 3.86. The van der Waals surface area contributed by atoms with Gasteiger partial charge in [0.2, 0.25) is 11.8 Å². The lowest BCUT2D eigenvalue weighted by Crippen LogP contribution is -2.18. The van der Waals surface area contributed by atoms with Gasteiger partial charge in [0.25, 0.3) is 0 Å². The Morgan fingerprint density at radius 1 is 0.545 bits per heavy atom. The molecule has 0 saturated heterocycles. The van der Waals surface area contributed by atoms with Gasteiger partial charge in [-0.1, -0.05) is 36.4 Å². The smallest absolute Gasteiger partial charge is 0.309 e. The molecule has 22 heavy (non-hydrogen) atoms. The Morgan fingerprint density at radius 3 is 0.909 bits per heavy atom. The lowest BCUT2D eigenvalue weighted by molar-refractivity contribution is 0.0992. The van der Waals surface area contributed by atoms with E-state index in [1.807, 2.05) is 12.1 Å². The summed E-state index contributed by atoms with van der Waals surface area (Å²) in [6.07, 6.45) is 0. The van der Waals surface area contributed by atoms with Crippen molar-refractivity contribution in [3.05, 3.63) is 71.8 Å². The number of nitrogens with two attached hydrogens (primary N) is 4. The first-order valence-corrected chi connectivity index (χ1v) is 6.09. The Morgan fingerprint density at radius 2 is 0.773 bits per heavy atom. The second kappa shape index (κ2) is 10.4. The lowest BCUT2D eigenvalue weighted by atomic mass is 10.2. The first-order valence-electron chi connectivity index (χ1n) is 6.09. The maximum atomic E-state index is 10.4. The third-order valence-electron chi connectivity index (χ3n) is 2.12. The molecule has 0 atom stereocenters. The summed E-state index contributed by atoms with van der Waals surface area (Å²) in [7, 11) is 0. The van der Waals surface area contributed by atoms with E-state index in [-0.39, 0.29) is 11.8 Å². The number of rotatable bonds is 2. The fraction of sp³-hybridized carbons (Fsp3) is 0. The normalized spacial score (nSPS) is 8.36. The van der Waals surface area contributed by atoms with Crippen molar-refractivity contribution in [2.24, 2.45) is 22.9 Å². The molecule has 0 bridgehead atoms. The molecule has 4 amide bonds. The van der Waals surface area contributed by atoms with E-state index in [0.717, 1.165) is 0 Å². The molecule has 0 aliphatic heterocycles. The minimum absolute atomic E-state index is 0.379. The van der Waals surface area contributed by atoms with Crippen molar-refractivity contribution in [1.29, 1.82) is 0 Å². The van der Waals surface area contributed by atoms with E-state index < -0.39 is 6.03 Å². The molecule has 7 heteroatoms. The van der Waals surface area contributed by atoms with Crippen LogP contribution in [0, 0.1) is 0 Å². The van der Waals surface area contributed by atoms with Crippen LogP contribution in [0.15, 0.2) is 60.7 Å². The van der Waals surface area contributed by atoms with Crippen molar-refractivity contribution in [2.45, 2.75) is 0 Å². The Bertz CT molecular complexity index is 547. The van der Waals surface area contributed by atoms with E-state index in [0.29, 0.717) is 11.1 Å². The van der Waals surface area contributed by atoms with Gasteiger partial charge in [-0.05, 0) is 24.3 Å². The van der Waals surface area contributed by atoms with Crippen LogP contribution < -0.4 is 22.9 Å². The SMILES string of the molecule is NC(=O)c1ccccc1.NC(=O)c1ccccc1.NC(N)=O. The Kier molecular flexibility index (Phi) is 8.85. The van der Waals surface area contributed by atoms with Gasteiger partial charge in [-0.25, -0.2) is 4.79 Å². The Hall–Kier alpha value is -3.35. The average Bonchev–Trinajstić information content (AvgIpc) is 2.49. The first kappa shape index (κ1) is 18.7. The first-order chi connectivity index (χ1) is 10.3. The maximum Gasteiger partial charge on any atom is 0.309 e. The third kappa shape index (κ3) is 9.56. The fourth-order valence-corrected chi connectivity index (χ4v) is 1.20. The molecule has 0 saturated carbocycles. The highest BCUT2D eigenvalue weighted by Crippen LogP contribution is 1.95. The molecule has 0 radical (unpaired) electrons. The molecule has 0 aliphatic rings. The summed E-state index contributed by atoms with van der Waals surface area (Å²) in [5, 5.41) is 0. The second-order valence-electron chi connectivity index (χ2n) is 3.86. The van der Waals surface area contributed by atoms with Crippen LogP contribution in [-0.4, -0.2) is 17.8 Å². The lowest BCUT2D eigenvalue weighted by Gasteiger charge is -1.89. The molecule has 0 aliphatic carbocycles. The van der Waals surface area contributed by atoms with Gasteiger partial charge in [-0.3, -0.25) is 9.59 Å². The van der Waals surface area contributed by atoms with Crippen molar-refractivity contribution in [3.63, 3.8) is 0 Å². The molecule has 116 valence electrons. The minimum Gasteiger partial charge on any atom is -0.366 e. The van der Waals surface area contributed by atoms with Crippen molar-refractivity contribution >= 4 is 17.8 Å². The number of amides is 4. The molecular formula is C15H18N4O3. The fourth-order valence-electron chi connectivity index (χ4n) is 1.20. The molecule has 2 aromatic rings. The molecule has 0 unspecified atom stereocenters. The summed E-state index contributed by atoms with van der Waals surface area (Å²) in [6.45, 7) is 0. The highest BCUT2D eigenvalue weighted by molar-refractivity contribution is 5.93. The Labute approximate surface area is 127 Å². The molecule has 7 nitrogen and oxygen atoms in total. The van der Waals surface area contributed by atoms with E-state index in [1.54, 1.807) is 48.5 Å². The number of carbonyl (C=O) groups excluding carboxylic acids is 3. The summed E-state index contributed by atoms with van der Waals surface area (Å²) < 4.78 is 0. The molecule has 2 aromatic carbocycles. The van der Waals surface area contributed by atoms with Crippen molar-refractivity contribution < 1.29 is 14.4 Å². The zero-order valence-electron chi connectivity index (χ0n) is 11.8. The molecular weight excluding hydrogens is 284 g/mol. The van der Waals surface area contributed by atoms with Crippen LogP contribution in [0.1, 0.15) is 20.7 Å².